The molecule has 0 saturated heterocycles. The summed E-state index contributed by atoms with van der Waals surface area (Å²) in [4.78, 5) is 12.2. The lowest BCUT2D eigenvalue weighted by Gasteiger charge is -2.10. The third-order valence-electron chi connectivity index (χ3n) is 3.15. The highest BCUT2D eigenvalue weighted by Crippen LogP contribution is 2.29. The molecule has 2 heterocycles. The van der Waals surface area contributed by atoms with E-state index >= 15 is 0 Å². The summed E-state index contributed by atoms with van der Waals surface area (Å²) >= 11 is 13.3. The topological polar surface area (TPSA) is 64.7 Å². The first-order valence-electron chi connectivity index (χ1n) is 6.98. The van der Waals surface area contributed by atoms with Gasteiger partial charge in [0.15, 0.2) is 5.82 Å². The minimum Gasteiger partial charge on any atom is -0.324 e. The van der Waals surface area contributed by atoms with E-state index in [1.54, 1.807) is 18.2 Å². The summed E-state index contributed by atoms with van der Waals surface area (Å²) in [5, 5.41) is 12.3. The Balaban J connectivity index is 1.68. The number of benzene rings is 1. The van der Waals surface area contributed by atoms with Crippen molar-refractivity contribution in [3.05, 3.63) is 58.6 Å². The highest BCUT2D eigenvalue weighted by Gasteiger charge is 2.14. The summed E-state index contributed by atoms with van der Waals surface area (Å²) in [5.74, 6) is 0.693. The molecule has 6 nitrogen and oxygen atoms in total. The second-order valence-electron chi connectivity index (χ2n) is 4.84. The number of hydrogen-bond donors (Lipinski definition) is 1. The van der Waals surface area contributed by atoms with Crippen LogP contribution in [0.3, 0.4) is 0 Å². The molecule has 0 unspecified atom stereocenters. The maximum Gasteiger partial charge on any atom is 0.234 e. The Morgan fingerprint density at radius 3 is 2.71 bits per heavy atom. The number of rotatable bonds is 5. The minimum atomic E-state index is -0.205. The van der Waals surface area contributed by atoms with Crippen molar-refractivity contribution >= 4 is 46.6 Å². The van der Waals surface area contributed by atoms with Gasteiger partial charge in [0.1, 0.15) is 0 Å². The Morgan fingerprint density at radius 1 is 1.21 bits per heavy atom. The minimum absolute atomic E-state index is 0.169. The number of anilines is 1. The van der Waals surface area contributed by atoms with Gasteiger partial charge >= 0.3 is 0 Å². The van der Waals surface area contributed by atoms with Crippen LogP contribution in [0.25, 0.3) is 0 Å². The molecule has 9 heteroatoms. The number of aryl methyl sites for hydroxylation is 1. The van der Waals surface area contributed by atoms with Gasteiger partial charge in [0.25, 0.3) is 0 Å². The molecular formula is C15H13Cl2N5OS. The monoisotopic (exact) mass is 381 g/mol. The van der Waals surface area contributed by atoms with Crippen LogP contribution in [-0.4, -0.2) is 31.2 Å². The van der Waals surface area contributed by atoms with Crippen molar-refractivity contribution in [1.29, 1.82) is 0 Å². The van der Waals surface area contributed by atoms with Crippen molar-refractivity contribution in [2.24, 2.45) is 0 Å². The van der Waals surface area contributed by atoms with Gasteiger partial charge in [0.2, 0.25) is 11.1 Å². The number of amides is 1. The Hall–Kier alpha value is -1.96. The van der Waals surface area contributed by atoms with Crippen molar-refractivity contribution in [2.45, 2.75) is 12.1 Å². The van der Waals surface area contributed by atoms with E-state index in [0.717, 1.165) is 5.82 Å². The van der Waals surface area contributed by atoms with Crippen LogP contribution in [0.5, 0.6) is 0 Å². The summed E-state index contributed by atoms with van der Waals surface area (Å²) in [6, 6.07) is 8.90. The Labute approximate surface area is 152 Å². The van der Waals surface area contributed by atoms with E-state index in [1.165, 1.54) is 11.8 Å². The van der Waals surface area contributed by atoms with Gasteiger partial charge in [-0.15, -0.1) is 10.2 Å². The highest BCUT2D eigenvalue weighted by atomic mass is 35.5. The number of nitrogens with one attached hydrogen (secondary N) is 1. The number of nitrogens with zero attached hydrogens (tertiary/aromatic N) is 4. The Kier molecular flexibility index (Phi) is 5.13. The van der Waals surface area contributed by atoms with Gasteiger partial charge in [-0.3, -0.25) is 9.47 Å². The maximum absolute atomic E-state index is 12.2. The molecule has 0 aliphatic rings. The van der Waals surface area contributed by atoms with Crippen LogP contribution in [0.15, 0.2) is 47.9 Å². The fourth-order valence-corrected chi connectivity index (χ4v) is 3.20. The molecule has 0 bridgehead atoms. The largest absolute Gasteiger partial charge is 0.324 e. The molecule has 0 aliphatic heterocycles. The van der Waals surface area contributed by atoms with E-state index in [0.29, 0.717) is 20.9 Å². The molecule has 1 amide bonds. The van der Waals surface area contributed by atoms with Gasteiger partial charge in [0, 0.05) is 12.4 Å². The van der Waals surface area contributed by atoms with Gasteiger partial charge in [-0.05, 0) is 31.2 Å². The van der Waals surface area contributed by atoms with Crippen molar-refractivity contribution in [3.8, 4) is 0 Å². The molecule has 0 atom stereocenters. The predicted molar refractivity (Wildman–Crippen MR) is 95.8 cm³/mol. The molecule has 1 aromatic carbocycles. The molecule has 0 spiro atoms. The second-order valence-corrected chi connectivity index (χ2v) is 6.57. The van der Waals surface area contributed by atoms with Gasteiger partial charge in [-0.2, -0.15) is 0 Å². The van der Waals surface area contributed by atoms with Crippen molar-refractivity contribution in [2.75, 3.05) is 11.1 Å². The molecule has 0 fully saturated rings. The first kappa shape index (κ1) is 16.9. The van der Waals surface area contributed by atoms with Gasteiger partial charge < -0.3 is 5.32 Å². The quantitative estimate of drug-likeness (QED) is 0.683. The van der Waals surface area contributed by atoms with Gasteiger partial charge in [-0.1, -0.05) is 41.0 Å². The van der Waals surface area contributed by atoms with Crippen LogP contribution < -0.4 is 5.32 Å². The smallest absolute Gasteiger partial charge is 0.234 e. The average molecular weight is 382 g/mol. The zero-order chi connectivity index (χ0) is 17.1. The molecule has 3 aromatic rings. The molecule has 2 aromatic heterocycles. The normalized spacial score (nSPS) is 10.8. The standard InChI is InChI=1S/C15H13Cl2N5OS/c1-10-19-20-15(22(10)21-7-2-3-8-21)24-9-13(23)18-12-6-4-5-11(16)14(12)17/h2-8H,9H2,1H3,(H,18,23). The van der Waals surface area contributed by atoms with Crippen LogP contribution in [-0.2, 0) is 4.79 Å². The van der Waals surface area contributed by atoms with Crippen LogP contribution >= 0.6 is 35.0 Å². The summed E-state index contributed by atoms with van der Waals surface area (Å²) in [6.07, 6.45) is 3.76. The van der Waals surface area contributed by atoms with Crippen LogP contribution in [0, 0.1) is 6.92 Å². The van der Waals surface area contributed by atoms with Crippen molar-refractivity contribution in [3.63, 3.8) is 0 Å². The molecule has 3 rings (SSSR count). The summed E-state index contributed by atoms with van der Waals surface area (Å²) in [5.41, 5.74) is 0.484. The molecular weight excluding hydrogens is 369 g/mol. The molecule has 0 aliphatic carbocycles. The van der Waals surface area contributed by atoms with Gasteiger partial charge in [0.05, 0.1) is 21.5 Å². The Bertz CT molecular complexity index is 863. The number of carbonyl (C=O) groups excluding carboxylic acids is 1. The lowest BCUT2D eigenvalue weighted by atomic mass is 10.3. The zero-order valence-electron chi connectivity index (χ0n) is 12.6. The van der Waals surface area contributed by atoms with E-state index in [1.807, 2.05) is 40.8 Å². The fourth-order valence-electron chi connectivity index (χ4n) is 2.07. The third kappa shape index (κ3) is 3.58. The fraction of sp³-hybridized carbons (Fsp3) is 0.133. The SMILES string of the molecule is Cc1nnc(SCC(=O)Nc2cccc(Cl)c2Cl)n1-n1cccc1. The van der Waals surface area contributed by atoms with E-state index in [9.17, 15) is 4.79 Å². The first-order chi connectivity index (χ1) is 11.6. The number of hydrogen-bond acceptors (Lipinski definition) is 4. The van der Waals surface area contributed by atoms with E-state index < -0.39 is 0 Å². The van der Waals surface area contributed by atoms with Gasteiger partial charge in [-0.25, -0.2) is 4.68 Å². The van der Waals surface area contributed by atoms with E-state index in [2.05, 4.69) is 15.5 Å². The van der Waals surface area contributed by atoms with Crippen molar-refractivity contribution in [1.82, 2.24) is 19.5 Å². The molecule has 24 heavy (non-hydrogen) atoms. The molecule has 1 N–H and O–H groups in total. The summed E-state index contributed by atoms with van der Waals surface area (Å²) in [7, 11) is 0. The zero-order valence-corrected chi connectivity index (χ0v) is 14.9. The number of halogens is 2. The number of carbonyl (C=O) groups is 1. The Morgan fingerprint density at radius 2 is 1.96 bits per heavy atom. The summed E-state index contributed by atoms with van der Waals surface area (Å²) in [6.45, 7) is 1.85. The lowest BCUT2D eigenvalue weighted by molar-refractivity contribution is -0.113. The first-order valence-corrected chi connectivity index (χ1v) is 8.72. The average Bonchev–Trinajstić information content (AvgIpc) is 3.19. The summed E-state index contributed by atoms with van der Waals surface area (Å²) < 4.78 is 3.67. The number of aromatic nitrogens is 4. The molecule has 0 radical (unpaired) electrons. The number of thioether (sulfide) groups is 1. The van der Waals surface area contributed by atoms with Crippen LogP contribution in [0.2, 0.25) is 10.0 Å². The maximum atomic E-state index is 12.2. The highest BCUT2D eigenvalue weighted by molar-refractivity contribution is 7.99. The predicted octanol–water partition coefficient (Wildman–Crippen LogP) is 3.74. The van der Waals surface area contributed by atoms with Crippen LogP contribution in [0.1, 0.15) is 5.82 Å². The van der Waals surface area contributed by atoms with E-state index in [-0.39, 0.29) is 11.7 Å². The lowest BCUT2D eigenvalue weighted by Crippen LogP contribution is -2.16. The third-order valence-corrected chi connectivity index (χ3v) is 4.88. The molecule has 0 saturated carbocycles. The second kappa shape index (κ2) is 7.29. The van der Waals surface area contributed by atoms with Crippen molar-refractivity contribution < 1.29 is 4.79 Å². The van der Waals surface area contributed by atoms with Crippen LogP contribution in [0.4, 0.5) is 5.69 Å². The molecule has 124 valence electrons. The van der Waals surface area contributed by atoms with E-state index in [4.69, 9.17) is 23.2 Å².